The highest BCUT2D eigenvalue weighted by Crippen LogP contribution is 2.38. The van der Waals surface area contributed by atoms with Crippen LogP contribution in [0.1, 0.15) is 18.1 Å². The van der Waals surface area contributed by atoms with Gasteiger partial charge in [0, 0.05) is 5.92 Å². The molecule has 1 aliphatic heterocycles. The summed E-state index contributed by atoms with van der Waals surface area (Å²) < 4.78 is 5.30. The maximum absolute atomic E-state index is 11.6. The van der Waals surface area contributed by atoms with Gasteiger partial charge in [-0.2, -0.15) is 0 Å². The van der Waals surface area contributed by atoms with Crippen molar-refractivity contribution in [1.82, 2.24) is 0 Å². The van der Waals surface area contributed by atoms with E-state index in [9.17, 15) is 4.79 Å². The molecule has 1 heterocycles. The zero-order valence-electron chi connectivity index (χ0n) is 8.77. The van der Waals surface area contributed by atoms with Gasteiger partial charge in [0.15, 0.2) is 0 Å². The van der Waals surface area contributed by atoms with Crippen molar-refractivity contribution in [3.8, 4) is 0 Å². The Morgan fingerprint density at radius 2 is 1.87 bits per heavy atom. The van der Waals surface area contributed by atoms with Crippen LogP contribution in [0.3, 0.4) is 0 Å². The second kappa shape index (κ2) is 3.09. The van der Waals surface area contributed by atoms with Crippen molar-refractivity contribution in [3.63, 3.8) is 0 Å². The molecule has 0 saturated carbocycles. The summed E-state index contributed by atoms with van der Waals surface area (Å²) in [5, 5.41) is 0. The third kappa shape index (κ3) is 1.28. The average Bonchev–Trinajstić information content (AvgIpc) is 2.52. The van der Waals surface area contributed by atoms with Gasteiger partial charge in [0.05, 0.1) is 5.92 Å². The summed E-state index contributed by atoms with van der Waals surface area (Å²) in [6.07, 6.45) is 1.95. The first-order chi connectivity index (χ1) is 7.25. The Balaban J connectivity index is 1.99. The Labute approximate surface area is 89.2 Å². The third-order valence-electron chi connectivity index (χ3n) is 3.74. The second-order valence-electron chi connectivity index (χ2n) is 4.59. The predicted octanol–water partition coefficient (Wildman–Crippen LogP) is 1.96. The van der Waals surface area contributed by atoms with Crippen LogP contribution in [0, 0.1) is 11.8 Å². The van der Waals surface area contributed by atoms with E-state index in [-0.39, 0.29) is 18.0 Å². The van der Waals surface area contributed by atoms with Crippen LogP contribution >= 0.6 is 0 Å². The second-order valence-corrected chi connectivity index (χ2v) is 4.59. The van der Waals surface area contributed by atoms with Crippen molar-refractivity contribution >= 4 is 5.97 Å². The van der Waals surface area contributed by atoms with Crippen molar-refractivity contribution in [3.05, 3.63) is 35.4 Å². The summed E-state index contributed by atoms with van der Waals surface area (Å²) in [6.45, 7) is 2.01. The van der Waals surface area contributed by atoms with E-state index < -0.39 is 0 Å². The van der Waals surface area contributed by atoms with Gasteiger partial charge >= 0.3 is 5.97 Å². The highest BCUT2D eigenvalue weighted by molar-refractivity contribution is 5.76. The van der Waals surface area contributed by atoms with Gasteiger partial charge in [-0.25, -0.2) is 0 Å². The molecule has 2 nitrogen and oxygen atoms in total. The molecule has 3 unspecified atom stereocenters. The van der Waals surface area contributed by atoms with Gasteiger partial charge in [-0.15, -0.1) is 0 Å². The molecule has 1 aliphatic carbocycles. The smallest absolute Gasteiger partial charge is 0.309 e. The Bertz CT molecular complexity index is 411. The van der Waals surface area contributed by atoms with E-state index in [0.717, 1.165) is 12.8 Å². The number of hydrogen-bond acceptors (Lipinski definition) is 2. The molecule has 15 heavy (non-hydrogen) atoms. The molecule has 1 aromatic rings. The quantitative estimate of drug-likeness (QED) is 0.601. The summed E-state index contributed by atoms with van der Waals surface area (Å²) in [4.78, 5) is 11.6. The molecule has 3 rings (SSSR count). The van der Waals surface area contributed by atoms with Crippen LogP contribution in [-0.4, -0.2) is 12.1 Å². The van der Waals surface area contributed by atoms with Crippen LogP contribution in [-0.2, 0) is 22.4 Å². The SMILES string of the molecule is CC1OC(=O)C2Cc3ccccc3CC12. The minimum absolute atomic E-state index is 0.00185. The van der Waals surface area contributed by atoms with Crippen LogP contribution in [0.5, 0.6) is 0 Å². The molecule has 2 heteroatoms. The van der Waals surface area contributed by atoms with Gasteiger partial charge in [-0.3, -0.25) is 4.79 Å². The standard InChI is InChI=1S/C13H14O2/c1-8-11-6-9-4-2-3-5-10(9)7-12(11)13(14)15-8/h2-5,8,11-12H,6-7H2,1H3. The fourth-order valence-electron chi connectivity index (χ4n) is 2.85. The largest absolute Gasteiger partial charge is 0.462 e. The molecule has 0 radical (unpaired) electrons. The molecule has 3 atom stereocenters. The molecule has 1 saturated heterocycles. The van der Waals surface area contributed by atoms with Gasteiger partial charge in [0.25, 0.3) is 0 Å². The zero-order chi connectivity index (χ0) is 10.4. The van der Waals surface area contributed by atoms with Crippen LogP contribution in [0.4, 0.5) is 0 Å². The highest BCUT2D eigenvalue weighted by Gasteiger charge is 2.44. The van der Waals surface area contributed by atoms with E-state index in [1.807, 2.05) is 13.0 Å². The lowest BCUT2D eigenvalue weighted by Crippen LogP contribution is -2.28. The number of ether oxygens (including phenoxy) is 1. The zero-order valence-corrected chi connectivity index (χ0v) is 8.77. The maximum Gasteiger partial charge on any atom is 0.309 e. The Morgan fingerprint density at radius 3 is 2.60 bits per heavy atom. The van der Waals surface area contributed by atoms with Crippen molar-refractivity contribution in [2.24, 2.45) is 11.8 Å². The molecule has 2 aliphatic rings. The number of hydrogen-bond donors (Lipinski definition) is 0. The average molecular weight is 202 g/mol. The van der Waals surface area contributed by atoms with Crippen molar-refractivity contribution in [2.45, 2.75) is 25.9 Å². The first-order valence-electron chi connectivity index (χ1n) is 5.53. The number of esters is 1. The molecule has 0 aromatic heterocycles. The Morgan fingerprint density at radius 1 is 1.20 bits per heavy atom. The maximum atomic E-state index is 11.6. The number of rotatable bonds is 0. The van der Waals surface area contributed by atoms with Gasteiger partial charge in [0.1, 0.15) is 6.10 Å². The van der Waals surface area contributed by atoms with Crippen LogP contribution < -0.4 is 0 Å². The lowest BCUT2D eigenvalue weighted by molar-refractivity contribution is -0.143. The van der Waals surface area contributed by atoms with Crippen LogP contribution in [0.15, 0.2) is 24.3 Å². The minimum Gasteiger partial charge on any atom is -0.462 e. The van der Waals surface area contributed by atoms with Gasteiger partial charge in [-0.05, 0) is 30.9 Å². The van der Waals surface area contributed by atoms with E-state index in [1.165, 1.54) is 11.1 Å². The lowest BCUT2D eigenvalue weighted by Gasteiger charge is -2.25. The van der Waals surface area contributed by atoms with E-state index >= 15 is 0 Å². The molecule has 0 N–H and O–H groups in total. The molecule has 0 spiro atoms. The fourth-order valence-corrected chi connectivity index (χ4v) is 2.85. The van der Waals surface area contributed by atoms with Crippen molar-refractivity contribution in [1.29, 1.82) is 0 Å². The van der Waals surface area contributed by atoms with Gasteiger partial charge in [0.2, 0.25) is 0 Å². The molecule has 1 aromatic carbocycles. The van der Waals surface area contributed by atoms with Crippen molar-refractivity contribution in [2.75, 3.05) is 0 Å². The monoisotopic (exact) mass is 202 g/mol. The molecular formula is C13H14O2. The van der Waals surface area contributed by atoms with E-state index in [2.05, 4.69) is 18.2 Å². The number of carbonyl (C=O) groups is 1. The summed E-state index contributed by atoms with van der Waals surface area (Å²) in [7, 11) is 0. The third-order valence-corrected chi connectivity index (χ3v) is 3.74. The van der Waals surface area contributed by atoms with Gasteiger partial charge < -0.3 is 4.74 Å². The summed E-state index contributed by atoms with van der Waals surface area (Å²) in [5.41, 5.74) is 2.72. The molecule has 0 amide bonds. The van der Waals surface area contributed by atoms with Crippen LogP contribution in [0.2, 0.25) is 0 Å². The fraction of sp³-hybridized carbons (Fsp3) is 0.462. The van der Waals surface area contributed by atoms with Crippen LogP contribution in [0.25, 0.3) is 0 Å². The predicted molar refractivity (Wildman–Crippen MR) is 56.4 cm³/mol. The van der Waals surface area contributed by atoms with E-state index in [0.29, 0.717) is 5.92 Å². The molecule has 0 bridgehead atoms. The normalized spacial score (nSPS) is 33.1. The van der Waals surface area contributed by atoms with E-state index in [4.69, 9.17) is 4.74 Å². The first kappa shape index (κ1) is 8.96. The summed E-state index contributed by atoms with van der Waals surface area (Å²) in [6, 6.07) is 8.41. The topological polar surface area (TPSA) is 26.3 Å². The summed E-state index contributed by atoms with van der Waals surface area (Å²) in [5.74, 6) is 0.504. The Hall–Kier alpha value is -1.31. The number of cyclic esters (lactones) is 1. The lowest BCUT2D eigenvalue weighted by atomic mass is 9.75. The number of carbonyl (C=O) groups excluding carboxylic acids is 1. The first-order valence-corrected chi connectivity index (χ1v) is 5.53. The van der Waals surface area contributed by atoms with Gasteiger partial charge in [-0.1, -0.05) is 24.3 Å². The van der Waals surface area contributed by atoms with E-state index in [1.54, 1.807) is 0 Å². The highest BCUT2D eigenvalue weighted by atomic mass is 16.6. The summed E-state index contributed by atoms with van der Waals surface area (Å²) >= 11 is 0. The number of fused-ring (bicyclic) bond motifs is 2. The van der Waals surface area contributed by atoms with Crippen molar-refractivity contribution < 1.29 is 9.53 Å². The molecule has 1 fully saturated rings. The number of benzene rings is 1. The molecule has 78 valence electrons. The Kier molecular flexibility index (Phi) is 1.84. The molecular weight excluding hydrogens is 188 g/mol. The minimum atomic E-state index is 0.00185.